The lowest BCUT2D eigenvalue weighted by Crippen LogP contribution is -2.17. The summed E-state index contributed by atoms with van der Waals surface area (Å²) in [6.45, 7) is 4.77. The van der Waals surface area contributed by atoms with Crippen LogP contribution < -0.4 is 4.90 Å². The van der Waals surface area contributed by atoms with E-state index in [0.29, 0.717) is 0 Å². The quantitative estimate of drug-likeness (QED) is 0.156. The van der Waals surface area contributed by atoms with E-state index in [-0.39, 0.29) is 5.41 Å². The number of hydrogen-bond donors (Lipinski definition) is 0. The minimum Gasteiger partial charge on any atom is -0.310 e. The zero-order valence-electron chi connectivity index (χ0n) is 33.1. The van der Waals surface area contributed by atoms with Crippen LogP contribution in [0.1, 0.15) is 25.0 Å². The fourth-order valence-electron chi connectivity index (χ4n) is 9.27. The molecule has 59 heavy (non-hydrogen) atoms. The summed E-state index contributed by atoms with van der Waals surface area (Å²) in [5, 5.41) is 2.63. The molecule has 0 spiro atoms. The lowest BCUT2D eigenvalue weighted by molar-refractivity contribution is 0.660. The summed E-state index contributed by atoms with van der Waals surface area (Å²) < 4.78 is 2.64. The predicted molar refractivity (Wildman–Crippen MR) is 253 cm³/mol. The minimum atomic E-state index is -0.204. The fraction of sp³-hybridized carbons (Fsp3) is 0.0526. The zero-order valence-corrected chi connectivity index (χ0v) is 33.9. The van der Waals surface area contributed by atoms with Crippen molar-refractivity contribution in [2.45, 2.75) is 19.3 Å². The smallest absolute Gasteiger partial charge is 0.0540 e. The number of hydrogen-bond acceptors (Lipinski definition) is 2. The molecule has 0 amide bonds. The van der Waals surface area contributed by atoms with Crippen LogP contribution in [0.15, 0.2) is 212 Å². The molecule has 10 aromatic rings. The number of anilines is 3. The molecule has 0 aliphatic heterocycles. The third-order valence-electron chi connectivity index (χ3n) is 12.3. The van der Waals surface area contributed by atoms with Gasteiger partial charge in [0.25, 0.3) is 0 Å². The summed E-state index contributed by atoms with van der Waals surface area (Å²) in [5.41, 5.74) is 18.3. The monoisotopic (exact) mass is 771 g/mol. The van der Waals surface area contributed by atoms with E-state index in [1.54, 1.807) is 0 Å². The molecule has 2 heteroatoms. The molecule has 1 nitrogen and oxygen atoms in total. The van der Waals surface area contributed by atoms with Crippen molar-refractivity contribution in [3.8, 4) is 55.6 Å². The van der Waals surface area contributed by atoms with Crippen molar-refractivity contribution in [3.05, 3.63) is 223 Å². The van der Waals surface area contributed by atoms with Gasteiger partial charge < -0.3 is 4.90 Å². The molecule has 1 aliphatic carbocycles. The Bertz CT molecular complexity index is 3170. The SMILES string of the molecule is CC1(C)c2cc(-c3ccc(-c4ccccc4)cc3)ccc2-c2ccc(N(c3cccc(-c4cccc5c4sc4ccccc45)c3)c3ccccc3-c3ccccc3)cc21. The van der Waals surface area contributed by atoms with E-state index in [2.05, 4.69) is 231 Å². The maximum absolute atomic E-state index is 2.47. The van der Waals surface area contributed by atoms with E-state index in [0.717, 1.165) is 17.1 Å². The number of fused-ring (bicyclic) bond motifs is 6. The summed E-state index contributed by atoms with van der Waals surface area (Å²) in [6.07, 6.45) is 0. The van der Waals surface area contributed by atoms with Gasteiger partial charge in [-0.15, -0.1) is 11.3 Å². The number of rotatable bonds is 7. The summed E-state index contributed by atoms with van der Waals surface area (Å²) >= 11 is 1.88. The van der Waals surface area contributed by atoms with Crippen LogP contribution in [0.25, 0.3) is 75.8 Å². The molecule has 1 aromatic heterocycles. The second-order valence-electron chi connectivity index (χ2n) is 16.1. The number of nitrogens with zero attached hydrogens (tertiary/aromatic N) is 1. The summed E-state index contributed by atoms with van der Waals surface area (Å²) in [5.74, 6) is 0. The van der Waals surface area contributed by atoms with Crippen molar-refractivity contribution in [1.82, 2.24) is 0 Å². The topological polar surface area (TPSA) is 3.24 Å². The van der Waals surface area contributed by atoms with Crippen LogP contribution in [0.2, 0.25) is 0 Å². The van der Waals surface area contributed by atoms with Crippen LogP contribution >= 0.6 is 11.3 Å². The molecule has 0 atom stereocenters. The van der Waals surface area contributed by atoms with E-state index in [1.807, 2.05) is 11.3 Å². The third kappa shape index (κ3) is 5.99. The van der Waals surface area contributed by atoms with E-state index in [4.69, 9.17) is 0 Å². The first-order valence-corrected chi connectivity index (χ1v) is 21.2. The minimum absolute atomic E-state index is 0.204. The van der Waals surface area contributed by atoms with Crippen molar-refractivity contribution >= 4 is 48.6 Å². The van der Waals surface area contributed by atoms with Crippen molar-refractivity contribution < 1.29 is 0 Å². The molecule has 0 unspecified atom stereocenters. The molecule has 0 saturated carbocycles. The van der Waals surface area contributed by atoms with E-state index in [1.165, 1.54) is 86.9 Å². The molecule has 1 heterocycles. The van der Waals surface area contributed by atoms with Crippen molar-refractivity contribution in [2.24, 2.45) is 0 Å². The van der Waals surface area contributed by atoms with Gasteiger partial charge in [-0.1, -0.05) is 184 Å². The molecule has 280 valence electrons. The highest BCUT2D eigenvalue weighted by Crippen LogP contribution is 2.52. The molecule has 1 aliphatic rings. The molecular weight excluding hydrogens is 731 g/mol. The summed E-state index contributed by atoms with van der Waals surface area (Å²) in [6, 6.07) is 78.0. The summed E-state index contributed by atoms with van der Waals surface area (Å²) in [7, 11) is 0. The van der Waals surface area contributed by atoms with Crippen LogP contribution in [0.3, 0.4) is 0 Å². The Labute approximate surface area is 350 Å². The average Bonchev–Trinajstić information content (AvgIpc) is 3.79. The highest BCUT2D eigenvalue weighted by atomic mass is 32.1. The van der Waals surface area contributed by atoms with E-state index in [9.17, 15) is 0 Å². The van der Waals surface area contributed by atoms with Gasteiger partial charge in [0.1, 0.15) is 0 Å². The predicted octanol–water partition coefficient (Wildman–Crippen LogP) is 16.5. The van der Waals surface area contributed by atoms with Crippen LogP contribution in [-0.2, 0) is 5.41 Å². The second-order valence-corrected chi connectivity index (χ2v) is 17.2. The molecule has 0 N–H and O–H groups in total. The molecule has 9 aromatic carbocycles. The van der Waals surface area contributed by atoms with Gasteiger partial charge in [0.15, 0.2) is 0 Å². The van der Waals surface area contributed by atoms with Gasteiger partial charge in [0, 0.05) is 42.5 Å². The van der Waals surface area contributed by atoms with Gasteiger partial charge in [-0.05, 0) is 104 Å². The Morgan fingerprint density at radius 1 is 0.356 bits per heavy atom. The zero-order chi connectivity index (χ0) is 39.5. The molecule has 0 saturated heterocycles. The highest BCUT2D eigenvalue weighted by Gasteiger charge is 2.36. The largest absolute Gasteiger partial charge is 0.310 e. The van der Waals surface area contributed by atoms with Gasteiger partial charge in [-0.3, -0.25) is 0 Å². The Morgan fingerprint density at radius 2 is 0.898 bits per heavy atom. The first-order chi connectivity index (χ1) is 29.0. The van der Waals surface area contributed by atoms with E-state index < -0.39 is 0 Å². The van der Waals surface area contributed by atoms with E-state index >= 15 is 0 Å². The molecule has 0 fully saturated rings. The van der Waals surface area contributed by atoms with Gasteiger partial charge >= 0.3 is 0 Å². The molecule has 0 bridgehead atoms. The molecule has 11 rings (SSSR count). The van der Waals surface area contributed by atoms with Crippen LogP contribution in [0, 0.1) is 0 Å². The van der Waals surface area contributed by atoms with Crippen LogP contribution in [0.4, 0.5) is 17.1 Å². The molecule has 0 radical (unpaired) electrons. The Kier molecular flexibility index (Phi) is 8.43. The fourth-order valence-corrected chi connectivity index (χ4v) is 10.5. The first kappa shape index (κ1) is 35.2. The van der Waals surface area contributed by atoms with Gasteiger partial charge in [-0.2, -0.15) is 0 Å². The lowest BCUT2D eigenvalue weighted by Gasteiger charge is -2.30. The van der Waals surface area contributed by atoms with Gasteiger partial charge in [0.2, 0.25) is 0 Å². The summed E-state index contributed by atoms with van der Waals surface area (Å²) in [4.78, 5) is 2.47. The number of benzene rings is 9. The average molecular weight is 772 g/mol. The van der Waals surface area contributed by atoms with Gasteiger partial charge in [0.05, 0.1) is 5.69 Å². The maximum atomic E-state index is 2.47. The normalized spacial score (nSPS) is 12.7. The Hall–Kier alpha value is -7.00. The highest BCUT2D eigenvalue weighted by molar-refractivity contribution is 7.26. The van der Waals surface area contributed by atoms with Crippen LogP contribution in [0.5, 0.6) is 0 Å². The second kappa shape index (κ2) is 14.1. The molecular formula is C57H41NS. The maximum Gasteiger partial charge on any atom is 0.0540 e. The van der Waals surface area contributed by atoms with Crippen molar-refractivity contribution in [1.29, 1.82) is 0 Å². The first-order valence-electron chi connectivity index (χ1n) is 20.4. The van der Waals surface area contributed by atoms with Gasteiger partial charge in [-0.25, -0.2) is 0 Å². The number of thiophene rings is 1. The number of para-hydroxylation sites is 1. The standard InChI is InChI=1S/C57H41NS/c1-57(2)52-36-42(40-29-27-39(28-30-40)38-15-5-3-6-16-38)31-33-48(52)49-34-32-45(37-53(49)57)58(54-25-11-9-21-46(54)41-17-7-4-8-18-41)44-20-13-19-43(35-44)47-23-14-24-51-50-22-10-12-26-55(50)59-56(47)51/h3-37H,1-2H3. The Morgan fingerprint density at radius 3 is 1.69 bits per heavy atom. The third-order valence-corrected chi connectivity index (χ3v) is 13.5. The van der Waals surface area contributed by atoms with Crippen molar-refractivity contribution in [2.75, 3.05) is 4.90 Å². The Balaban J connectivity index is 1.03. The lowest BCUT2D eigenvalue weighted by atomic mass is 9.81. The van der Waals surface area contributed by atoms with Crippen molar-refractivity contribution in [3.63, 3.8) is 0 Å². The van der Waals surface area contributed by atoms with Crippen LogP contribution in [-0.4, -0.2) is 0 Å².